The number of carbonyl (C=O) groups excluding carboxylic acids is 2. The lowest BCUT2D eigenvalue weighted by Crippen LogP contribution is -2.50. The van der Waals surface area contributed by atoms with Crippen molar-refractivity contribution in [2.75, 3.05) is 57.4 Å². The molecule has 8 heteroatoms. The lowest BCUT2D eigenvalue weighted by atomic mass is 10.2. The highest BCUT2D eigenvalue weighted by atomic mass is 16.5. The first-order chi connectivity index (χ1) is 13.2. The minimum absolute atomic E-state index is 0.0530. The first kappa shape index (κ1) is 17.5. The maximum Gasteiger partial charge on any atom is 0.289 e. The molecule has 142 valence electrons. The molecule has 0 saturated carbocycles. The monoisotopic (exact) mass is 370 g/mol. The molecule has 8 nitrogen and oxygen atoms in total. The van der Waals surface area contributed by atoms with E-state index in [-0.39, 0.29) is 11.8 Å². The fourth-order valence-electron chi connectivity index (χ4n) is 3.39. The van der Waals surface area contributed by atoms with Gasteiger partial charge in [-0.25, -0.2) is 0 Å². The Morgan fingerprint density at radius 3 is 2.30 bits per heavy atom. The third-order valence-electron chi connectivity index (χ3n) is 4.93. The number of morpholine rings is 1. The van der Waals surface area contributed by atoms with Crippen molar-refractivity contribution in [1.29, 1.82) is 0 Å². The highest BCUT2D eigenvalue weighted by Gasteiger charge is 2.27. The van der Waals surface area contributed by atoms with E-state index < -0.39 is 0 Å². The van der Waals surface area contributed by atoms with Crippen molar-refractivity contribution in [2.45, 2.75) is 0 Å². The summed E-state index contributed by atoms with van der Waals surface area (Å²) in [4.78, 5) is 35.1. The quantitative estimate of drug-likeness (QED) is 0.805. The Hall–Kier alpha value is -2.87. The molecule has 0 spiro atoms. The van der Waals surface area contributed by atoms with Crippen LogP contribution in [-0.4, -0.2) is 79.1 Å². The lowest BCUT2D eigenvalue weighted by molar-refractivity contribution is 0.0518. The number of nitrogens with zero attached hydrogens (tertiary/aromatic N) is 4. The molecule has 2 fully saturated rings. The highest BCUT2D eigenvalue weighted by Crippen LogP contribution is 2.18. The average Bonchev–Trinajstić information content (AvgIpc) is 3.28. The summed E-state index contributed by atoms with van der Waals surface area (Å²) in [5.41, 5.74) is 1.51. The van der Waals surface area contributed by atoms with Gasteiger partial charge in [0.05, 0.1) is 36.9 Å². The van der Waals surface area contributed by atoms with E-state index in [1.165, 1.54) is 6.26 Å². The second-order valence-electron chi connectivity index (χ2n) is 6.59. The third kappa shape index (κ3) is 3.80. The predicted octanol–water partition coefficient (Wildman–Crippen LogP) is 1.11. The molecule has 0 bridgehead atoms. The molecule has 0 unspecified atom stereocenters. The summed E-state index contributed by atoms with van der Waals surface area (Å²) in [6, 6.07) is 5.24. The minimum Gasteiger partial charge on any atom is -0.459 e. The van der Waals surface area contributed by atoms with Crippen LogP contribution in [0.15, 0.2) is 41.3 Å². The summed E-state index contributed by atoms with van der Waals surface area (Å²) in [5, 5.41) is 0. The van der Waals surface area contributed by atoms with Gasteiger partial charge in [0.15, 0.2) is 5.76 Å². The molecule has 2 amide bonds. The van der Waals surface area contributed by atoms with E-state index in [1.807, 2.05) is 6.07 Å². The Bertz CT molecular complexity index is 794. The topological polar surface area (TPSA) is 79.1 Å². The molecule has 0 radical (unpaired) electrons. The number of anilines is 1. The lowest BCUT2D eigenvalue weighted by Gasteiger charge is -2.34. The van der Waals surface area contributed by atoms with Crippen molar-refractivity contribution in [3.8, 4) is 0 Å². The van der Waals surface area contributed by atoms with E-state index in [1.54, 1.807) is 34.3 Å². The van der Waals surface area contributed by atoms with Gasteiger partial charge >= 0.3 is 0 Å². The molecule has 0 atom stereocenters. The third-order valence-corrected chi connectivity index (χ3v) is 4.93. The van der Waals surface area contributed by atoms with Crippen molar-refractivity contribution in [3.05, 3.63) is 48.2 Å². The van der Waals surface area contributed by atoms with Crippen LogP contribution in [0.4, 0.5) is 5.69 Å². The van der Waals surface area contributed by atoms with Gasteiger partial charge in [-0.05, 0) is 18.2 Å². The molecule has 0 aromatic carbocycles. The molecule has 27 heavy (non-hydrogen) atoms. The van der Waals surface area contributed by atoms with Crippen LogP contribution in [0.1, 0.15) is 20.9 Å². The molecule has 2 aliphatic heterocycles. The maximum atomic E-state index is 12.9. The number of piperazine rings is 1. The summed E-state index contributed by atoms with van der Waals surface area (Å²) in [6.45, 7) is 4.93. The van der Waals surface area contributed by atoms with Crippen LogP contribution in [0.25, 0.3) is 0 Å². The maximum absolute atomic E-state index is 12.9. The SMILES string of the molecule is O=C(c1cncc(N2CCOCC2)c1)N1CCN(C(=O)c2ccco2)CC1. The number of carbonyl (C=O) groups is 2. The molecule has 0 N–H and O–H groups in total. The Labute approximate surface area is 157 Å². The zero-order valence-electron chi connectivity index (χ0n) is 15.0. The standard InChI is InChI=1S/C19H22N4O4/c24-18(15-12-16(14-20-13-15)21-7-10-26-11-8-21)22-3-5-23(6-4-22)19(25)17-2-1-9-27-17/h1-2,9,12-14H,3-8,10-11H2. The van der Waals surface area contributed by atoms with Gasteiger partial charge in [-0.2, -0.15) is 0 Å². The molecule has 4 heterocycles. The largest absolute Gasteiger partial charge is 0.459 e. The summed E-state index contributed by atoms with van der Waals surface area (Å²) in [5.74, 6) is 0.142. The number of furan rings is 1. The van der Waals surface area contributed by atoms with Crippen molar-refractivity contribution in [2.24, 2.45) is 0 Å². The van der Waals surface area contributed by atoms with E-state index in [2.05, 4.69) is 9.88 Å². The number of pyridine rings is 1. The molecule has 2 aliphatic rings. The van der Waals surface area contributed by atoms with Crippen molar-refractivity contribution < 1.29 is 18.7 Å². The smallest absolute Gasteiger partial charge is 0.289 e. The van der Waals surface area contributed by atoms with Gasteiger partial charge in [-0.15, -0.1) is 0 Å². The Kier molecular flexibility index (Phi) is 5.06. The molecular formula is C19H22N4O4. The van der Waals surface area contributed by atoms with Crippen LogP contribution >= 0.6 is 0 Å². The van der Waals surface area contributed by atoms with Gasteiger partial charge in [0.2, 0.25) is 0 Å². The normalized spacial score (nSPS) is 17.9. The first-order valence-corrected chi connectivity index (χ1v) is 9.12. The number of hydrogen-bond donors (Lipinski definition) is 0. The molecule has 0 aliphatic carbocycles. The molecule has 2 aromatic rings. The van der Waals surface area contributed by atoms with Gasteiger partial charge in [0.25, 0.3) is 11.8 Å². The van der Waals surface area contributed by atoms with Gasteiger partial charge in [-0.3, -0.25) is 14.6 Å². The van der Waals surface area contributed by atoms with Crippen molar-refractivity contribution in [3.63, 3.8) is 0 Å². The molecular weight excluding hydrogens is 348 g/mol. The van der Waals surface area contributed by atoms with Crippen LogP contribution in [0.2, 0.25) is 0 Å². The number of hydrogen-bond acceptors (Lipinski definition) is 6. The Morgan fingerprint density at radius 2 is 1.63 bits per heavy atom. The van der Waals surface area contributed by atoms with E-state index in [4.69, 9.17) is 9.15 Å². The fraction of sp³-hybridized carbons (Fsp3) is 0.421. The van der Waals surface area contributed by atoms with Gasteiger partial charge in [0.1, 0.15) is 0 Å². The summed E-state index contributed by atoms with van der Waals surface area (Å²) in [7, 11) is 0. The van der Waals surface area contributed by atoms with E-state index >= 15 is 0 Å². The number of ether oxygens (including phenoxy) is 1. The van der Waals surface area contributed by atoms with Crippen LogP contribution in [0.5, 0.6) is 0 Å². The summed E-state index contributed by atoms with van der Waals surface area (Å²) < 4.78 is 10.5. The van der Waals surface area contributed by atoms with Gasteiger partial charge in [0, 0.05) is 45.5 Å². The Morgan fingerprint density at radius 1 is 0.926 bits per heavy atom. The Balaban J connectivity index is 1.38. The zero-order chi connectivity index (χ0) is 18.6. The van der Waals surface area contributed by atoms with Crippen LogP contribution in [-0.2, 0) is 4.74 Å². The summed E-state index contributed by atoms with van der Waals surface area (Å²) in [6.07, 6.45) is 4.87. The highest BCUT2D eigenvalue weighted by molar-refractivity contribution is 5.95. The van der Waals surface area contributed by atoms with E-state index in [0.717, 1.165) is 18.8 Å². The fourth-order valence-corrected chi connectivity index (χ4v) is 3.39. The number of aromatic nitrogens is 1. The van der Waals surface area contributed by atoms with Crippen LogP contribution in [0.3, 0.4) is 0 Å². The number of rotatable bonds is 3. The van der Waals surface area contributed by atoms with E-state index in [0.29, 0.717) is 50.7 Å². The second kappa shape index (κ2) is 7.79. The first-order valence-electron chi connectivity index (χ1n) is 9.12. The average molecular weight is 370 g/mol. The second-order valence-corrected chi connectivity index (χ2v) is 6.59. The molecule has 2 aromatic heterocycles. The summed E-state index contributed by atoms with van der Waals surface area (Å²) >= 11 is 0. The predicted molar refractivity (Wildman–Crippen MR) is 97.8 cm³/mol. The van der Waals surface area contributed by atoms with Gasteiger partial charge < -0.3 is 23.9 Å². The molecule has 4 rings (SSSR count). The van der Waals surface area contributed by atoms with E-state index in [9.17, 15) is 9.59 Å². The van der Waals surface area contributed by atoms with Crippen LogP contribution in [0, 0.1) is 0 Å². The zero-order valence-corrected chi connectivity index (χ0v) is 15.0. The van der Waals surface area contributed by atoms with Crippen molar-refractivity contribution in [1.82, 2.24) is 14.8 Å². The molecule has 2 saturated heterocycles. The number of amides is 2. The minimum atomic E-state index is -0.136. The van der Waals surface area contributed by atoms with Crippen molar-refractivity contribution >= 4 is 17.5 Å². The van der Waals surface area contributed by atoms with Crippen LogP contribution < -0.4 is 4.90 Å². The van der Waals surface area contributed by atoms with Gasteiger partial charge in [-0.1, -0.05) is 0 Å².